The molecule has 0 radical (unpaired) electrons. The van der Waals surface area contributed by atoms with Crippen LogP contribution in [0.2, 0.25) is 0 Å². The Morgan fingerprint density at radius 3 is 2.24 bits per heavy atom. The van der Waals surface area contributed by atoms with Crippen molar-refractivity contribution in [2.24, 2.45) is 0 Å². The lowest BCUT2D eigenvalue weighted by Gasteiger charge is -2.36. The van der Waals surface area contributed by atoms with Gasteiger partial charge in [0.05, 0.1) is 17.1 Å². The summed E-state index contributed by atoms with van der Waals surface area (Å²) in [6.45, 7) is 2.64. The van der Waals surface area contributed by atoms with E-state index in [1.54, 1.807) is 11.0 Å². The number of hydrogen-bond donors (Lipinski definition) is 1. The lowest BCUT2D eigenvalue weighted by Crippen LogP contribution is -2.49. The summed E-state index contributed by atoms with van der Waals surface area (Å²) >= 11 is 0. The number of nitrogens with one attached hydrogen (secondary N) is 1. The van der Waals surface area contributed by atoms with Gasteiger partial charge in [-0.3, -0.25) is 9.69 Å². The van der Waals surface area contributed by atoms with Crippen LogP contribution in [0.15, 0.2) is 59.5 Å². The van der Waals surface area contributed by atoms with Gasteiger partial charge in [-0.05, 0) is 17.7 Å². The van der Waals surface area contributed by atoms with Gasteiger partial charge in [0.15, 0.2) is 0 Å². The molecule has 1 aliphatic rings. The third-order valence-corrected chi connectivity index (χ3v) is 6.25. The normalized spacial score (nSPS) is 15.5. The maximum atomic E-state index is 13.0. The highest BCUT2D eigenvalue weighted by Gasteiger charge is 2.31. The molecule has 0 bridgehead atoms. The van der Waals surface area contributed by atoms with Crippen molar-refractivity contribution in [1.29, 1.82) is 0 Å². The third kappa shape index (κ3) is 5.30. The van der Waals surface area contributed by atoms with Crippen LogP contribution in [0.3, 0.4) is 0 Å². The summed E-state index contributed by atoms with van der Waals surface area (Å²) in [7, 11) is -4.68. The summed E-state index contributed by atoms with van der Waals surface area (Å²) in [4.78, 5) is 15.5. The number of carbonyl (C=O) groups is 1. The molecule has 2 aromatic carbocycles. The summed E-state index contributed by atoms with van der Waals surface area (Å²) in [5.41, 5.74) is 1.29. The fourth-order valence-corrected chi connectivity index (χ4v) is 4.21. The standard InChI is InChI=1S/C20H23F2N3O3S/c21-20(22)29(27,28)18-9-5-4-8-17(18)25-12-10-24(11-13-25)15-19(26)23-14-16-6-2-1-3-7-16/h1-9,20H,10-15H2,(H,23,26). The van der Waals surface area contributed by atoms with Gasteiger partial charge in [0.2, 0.25) is 15.7 Å². The van der Waals surface area contributed by atoms with E-state index in [4.69, 9.17) is 0 Å². The fraction of sp³-hybridized carbons (Fsp3) is 0.350. The van der Waals surface area contributed by atoms with E-state index >= 15 is 0 Å². The van der Waals surface area contributed by atoms with Crippen LogP contribution in [-0.2, 0) is 21.2 Å². The average molecular weight is 423 g/mol. The number of piperazine rings is 1. The first-order chi connectivity index (χ1) is 13.9. The van der Waals surface area contributed by atoms with E-state index in [9.17, 15) is 22.0 Å². The Hall–Kier alpha value is -2.52. The van der Waals surface area contributed by atoms with Crippen molar-refractivity contribution in [3.8, 4) is 0 Å². The first kappa shape index (κ1) is 21.2. The summed E-state index contributed by atoms with van der Waals surface area (Å²) in [6.07, 6.45) is 0. The molecule has 0 aliphatic carbocycles. The average Bonchev–Trinajstić information content (AvgIpc) is 2.73. The largest absolute Gasteiger partial charge is 0.368 e. The van der Waals surface area contributed by atoms with Crippen molar-refractivity contribution in [2.45, 2.75) is 17.2 Å². The molecule has 1 N–H and O–H groups in total. The van der Waals surface area contributed by atoms with Gasteiger partial charge < -0.3 is 10.2 Å². The number of sulfone groups is 1. The maximum absolute atomic E-state index is 13.0. The summed E-state index contributed by atoms with van der Waals surface area (Å²) in [5, 5.41) is 2.87. The van der Waals surface area contributed by atoms with Crippen molar-refractivity contribution in [3.05, 3.63) is 60.2 Å². The van der Waals surface area contributed by atoms with E-state index in [-0.39, 0.29) is 23.0 Å². The topological polar surface area (TPSA) is 69.7 Å². The zero-order chi connectivity index (χ0) is 20.9. The van der Waals surface area contributed by atoms with E-state index in [0.717, 1.165) is 5.56 Å². The highest BCUT2D eigenvalue weighted by molar-refractivity contribution is 7.91. The number of halogens is 2. The number of hydrogen-bond acceptors (Lipinski definition) is 5. The molecule has 2 aromatic rings. The van der Waals surface area contributed by atoms with Crippen molar-refractivity contribution >= 4 is 21.4 Å². The smallest absolute Gasteiger partial charge is 0.341 e. The molecule has 1 aliphatic heterocycles. The van der Waals surface area contributed by atoms with Gasteiger partial charge in [-0.1, -0.05) is 42.5 Å². The van der Waals surface area contributed by atoms with Crippen LogP contribution in [-0.4, -0.2) is 57.7 Å². The Morgan fingerprint density at radius 1 is 0.966 bits per heavy atom. The molecule has 0 atom stereocenters. The molecular weight excluding hydrogens is 400 g/mol. The molecule has 1 fully saturated rings. The molecule has 1 saturated heterocycles. The number of amides is 1. The molecule has 0 unspecified atom stereocenters. The summed E-state index contributed by atoms with van der Waals surface area (Å²) in [5.74, 6) is -3.55. The van der Waals surface area contributed by atoms with Crippen LogP contribution in [0, 0.1) is 0 Å². The van der Waals surface area contributed by atoms with E-state index < -0.39 is 15.6 Å². The molecule has 0 saturated carbocycles. The second kappa shape index (κ2) is 9.32. The number of nitrogens with zero attached hydrogens (tertiary/aromatic N) is 2. The molecule has 3 rings (SSSR count). The van der Waals surface area contributed by atoms with Crippen molar-refractivity contribution < 1.29 is 22.0 Å². The van der Waals surface area contributed by atoms with Gasteiger partial charge >= 0.3 is 5.76 Å². The quantitative estimate of drug-likeness (QED) is 0.739. The Balaban J connectivity index is 1.55. The van der Waals surface area contributed by atoms with Gasteiger partial charge in [-0.2, -0.15) is 8.78 Å². The number of carbonyl (C=O) groups excluding carboxylic acids is 1. The Labute approximate surface area is 169 Å². The van der Waals surface area contributed by atoms with E-state index in [0.29, 0.717) is 32.7 Å². The first-order valence-corrected chi connectivity index (χ1v) is 10.8. The molecule has 156 valence electrons. The van der Waals surface area contributed by atoms with E-state index in [2.05, 4.69) is 5.32 Å². The second-order valence-electron chi connectivity index (χ2n) is 6.80. The van der Waals surface area contributed by atoms with Crippen LogP contribution in [0.25, 0.3) is 0 Å². The van der Waals surface area contributed by atoms with Crippen molar-refractivity contribution in [3.63, 3.8) is 0 Å². The zero-order valence-electron chi connectivity index (χ0n) is 15.8. The van der Waals surface area contributed by atoms with Gasteiger partial charge in [-0.15, -0.1) is 0 Å². The molecule has 1 heterocycles. The fourth-order valence-electron chi connectivity index (χ4n) is 3.26. The van der Waals surface area contributed by atoms with Crippen LogP contribution in [0.4, 0.5) is 14.5 Å². The van der Waals surface area contributed by atoms with Crippen LogP contribution in [0.1, 0.15) is 5.56 Å². The number of para-hydroxylation sites is 1. The molecule has 1 amide bonds. The molecule has 6 nitrogen and oxygen atoms in total. The van der Waals surface area contributed by atoms with Crippen molar-refractivity contribution in [1.82, 2.24) is 10.2 Å². The summed E-state index contributed by atoms with van der Waals surface area (Å²) < 4.78 is 49.9. The van der Waals surface area contributed by atoms with Crippen LogP contribution >= 0.6 is 0 Å². The molecule has 0 spiro atoms. The van der Waals surface area contributed by atoms with Gasteiger partial charge in [0.1, 0.15) is 0 Å². The number of rotatable bonds is 7. The van der Waals surface area contributed by atoms with Crippen LogP contribution < -0.4 is 10.2 Å². The highest BCUT2D eigenvalue weighted by atomic mass is 32.2. The Kier molecular flexibility index (Phi) is 6.81. The van der Waals surface area contributed by atoms with Gasteiger partial charge in [0, 0.05) is 32.7 Å². The minimum Gasteiger partial charge on any atom is -0.368 e. The lowest BCUT2D eigenvalue weighted by molar-refractivity contribution is -0.122. The third-order valence-electron chi connectivity index (χ3n) is 4.82. The van der Waals surface area contributed by atoms with Crippen LogP contribution in [0.5, 0.6) is 0 Å². The molecular formula is C20H23F2N3O3S. The van der Waals surface area contributed by atoms with E-state index in [1.807, 2.05) is 35.2 Å². The Bertz CT molecular complexity index is 931. The number of benzene rings is 2. The van der Waals surface area contributed by atoms with Gasteiger partial charge in [-0.25, -0.2) is 8.42 Å². The maximum Gasteiger partial charge on any atom is 0.341 e. The molecule has 29 heavy (non-hydrogen) atoms. The monoisotopic (exact) mass is 423 g/mol. The highest BCUT2D eigenvalue weighted by Crippen LogP contribution is 2.29. The minimum atomic E-state index is -4.68. The van der Waals surface area contributed by atoms with Gasteiger partial charge in [0.25, 0.3) is 0 Å². The minimum absolute atomic E-state index is 0.0945. The van der Waals surface area contributed by atoms with Crippen molar-refractivity contribution in [2.75, 3.05) is 37.6 Å². The molecule has 0 aromatic heterocycles. The van der Waals surface area contributed by atoms with E-state index in [1.165, 1.54) is 18.2 Å². The number of alkyl halides is 2. The lowest BCUT2D eigenvalue weighted by atomic mass is 10.2. The first-order valence-electron chi connectivity index (χ1n) is 9.27. The SMILES string of the molecule is O=C(CN1CCN(c2ccccc2S(=O)(=O)C(F)F)CC1)NCc1ccccc1. The Morgan fingerprint density at radius 2 is 1.59 bits per heavy atom. The second-order valence-corrected chi connectivity index (χ2v) is 8.69. The molecule has 9 heteroatoms. The predicted molar refractivity (Wildman–Crippen MR) is 107 cm³/mol. The summed E-state index contributed by atoms with van der Waals surface area (Å²) in [6, 6.07) is 15.4. The number of anilines is 1. The predicted octanol–water partition coefficient (Wildman–Crippen LogP) is 2.12. The zero-order valence-corrected chi connectivity index (χ0v) is 16.6.